The van der Waals surface area contributed by atoms with Gasteiger partial charge in [0.25, 0.3) is 0 Å². The average Bonchev–Trinajstić information content (AvgIpc) is 2.47. The van der Waals surface area contributed by atoms with E-state index in [1.54, 1.807) is 0 Å². The largest absolute Gasteiger partial charge is 0.367 e. The molecule has 0 spiro atoms. The van der Waals surface area contributed by atoms with Gasteiger partial charge in [-0.2, -0.15) is 0 Å². The molecular weight excluding hydrogens is 252 g/mol. The van der Waals surface area contributed by atoms with Crippen molar-refractivity contribution in [1.29, 1.82) is 0 Å². The van der Waals surface area contributed by atoms with Crippen molar-refractivity contribution in [3.63, 3.8) is 0 Å². The molecule has 110 valence electrons. The molecule has 1 heterocycles. The highest BCUT2D eigenvalue weighted by Crippen LogP contribution is 2.25. The maximum Gasteiger partial charge on any atom is 0.239 e. The first-order valence-electron chi connectivity index (χ1n) is 7.36. The molecule has 0 aliphatic carbocycles. The Kier molecular flexibility index (Phi) is 5.15. The number of benzene rings is 1. The summed E-state index contributed by atoms with van der Waals surface area (Å²) >= 11 is 0. The van der Waals surface area contributed by atoms with E-state index in [-0.39, 0.29) is 24.2 Å². The number of hydrogen-bond donors (Lipinski definition) is 1. The number of carbonyl (C=O) groups excluding carboxylic acids is 1. The molecule has 1 saturated heterocycles. The molecule has 0 radical (unpaired) electrons. The Hall–Kier alpha value is -1.39. The summed E-state index contributed by atoms with van der Waals surface area (Å²) in [7, 11) is 0. The topological polar surface area (TPSA) is 55.6 Å². The summed E-state index contributed by atoms with van der Waals surface area (Å²) in [5, 5.41) is 0. The molecule has 1 amide bonds. The fourth-order valence-electron chi connectivity index (χ4n) is 2.65. The average molecular weight is 276 g/mol. The maximum absolute atomic E-state index is 12.4. The Morgan fingerprint density at radius 2 is 2.10 bits per heavy atom. The van der Waals surface area contributed by atoms with Crippen LogP contribution in [0, 0.1) is 0 Å². The second-order valence-corrected chi connectivity index (χ2v) is 5.48. The van der Waals surface area contributed by atoms with Gasteiger partial charge in [-0.1, -0.05) is 43.7 Å². The van der Waals surface area contributed by atoms with Gasteiger partial charge in [-0.25, -0.2) is 0 Å². The number of nitrogens with zero attached hydrogens (tertiary/aromatic N) is 1. The van der Waals surface area contributed by atoms with Crippen molar-refractivity contribution < 1.29 is 9.53 Å². The first kappa shape index (κ1) is 15.0. The van der Waals surface area contributed by atoms with Crippen LogP contribution in [-0.2, 0) is 9.53 Å². The van der Waals surface area contributed by atoms with E-state index in [4.69, 9.17) is 10.5 Å². The number of carbonyl (C=O) groups is 1. The SMILES string of the molecule is CCCC(N)C(=O)N1CC(C)OC(c2ccccc2)C1. The molecule has 0 aromatic heterocycles. The lowest BCUT2D eigenvalue weighted by Gasteiger charge is -2.38. The number of morpholine rings is 1. The molecule has 3 atom stereocenters. The third-order valence-corrected chi connectivity index (χ3v) is 3.66. The minimum atomic E-state index is -0.387. The van der Waals surface area contributed by atoms with Gasteiger partial charge in [-0.15, -0.1) is 0 Å². The summed E-state index contributed by atoms with van der Waals surface area (Å²) in [6, 6.07) is 9.66. The third-order valence-electron chi connectivity index (χ3n) is 3.66. The number of ether oxygens (including phenoxy) is 1. The molecule has 1 aliphatic rings. The Morgan fingerprint density at radius 3 is 2.75 bits per heavy atom. The van der Waals surface area contributed by atoms with Crippen LogP contribution in [0.5, 0.6) is 0 Å². The van der Waals surface area contributed by atoms with E-state index >= 15 is 0 Å². The van der Waals surface area contributed by atoms with E-state index in [0.717, 1.165) is 18.4 Å². The van der Waals surface area contributed by atoms with E-state index in [1.807, 2.05) is 49.1 Å². The van der Waals surface area contributed by atoms with Gasteiger partial charge in [0.05, 0.1) is 18.7 Å². The van der Waals surface area contributed by atoms with Crippen LogP contribution in [0.3, 0.4) is 0 Å². The van der Waals surface area contributed by atoms with Crippen LogP contribution in [-0.4, -0.2) is 36.0 Å². The second-order valence-electron chi connectivity index (χ2n) is 5.48. The van der Waals surface area contributed by atoms with Gasteiger partial charge in [-0.3, -0.25) is 4.79 Å². The van der Waals surface area contributed by atoms with Crippen LogP contribution in [0.4, 0.5) is 0 Å². The van der Waals surface area contributed by atoms with Gasteiger partial charge in [0.2, 0.25) is 5.91 Å². The summed E-state index contributed by atoms with van der Waals surface area (Å²) in [6.07, 6.45) is 1.64. The molecule has 1 fully saturated rings. The fraction of sp³-hybridized carbons (Fsp3) is 0.562. The molecule has 2 rings (SSSR count). The van der Waals surface area contributed by atoms with Gasteiger partial charge in [0, 0.05) is 6.54 Å². The lowest BCUT2D eigenvalue weighted by Crippen LogP contribution is -2.51. The van der Waals surface area contributed by atoms with Crippen LogP contribution in [0.1, 0.15) is 38.4 Å². The third kappa shape index (κ3) is 3.58. The zero-order valence-electron chi connectivity index (χ0n) is 12.3. The molecule has 20 heavy (non-hydrogen) atoms. The minimum Gasteiger partial charge on any atom is -0.367 e. The fourth-order valence-corrected chi connectivity index (χ4v) is 2.65. The Labute approximate surface area is 120 Å². The Bertz CT molecular complexity index is 435. The normalized spacial score (nSPS) is 24.4. The predicted molar refractivity (Wildman–Crippen MR) is 79.2 cm³/mol. The van der Waals surface area contributed by atoms with E-state index in [2.05, 4.69) is 0 Å². The van der Waals surface area contributed by atoms with Gasteiger partial charge in [-0.05, 0) is 18.9 Å². The minimum absolute atomic E-state index is 0.0340. The van der Waals surface area contributed by atoms with Gasteiger partial charge >= 0.3 is 0 Å². The highest BCUT2D eigenvalue weighted by Gasteiger charge is 2.31. The Morgan fingerprint density at radius 1 is 1.40 bits per heavy atom. The zero-order chi connectivity index (χ0) is 14.5. The highest BCUT2D eigenvalue weighted by molar-refractivity contribution is 5.81. The molecule has 0 saturated carbocycles. The molecule has 1 aromatic carbocycles. The lowest BCUT2D eigenvalue weighted by atomic mass is 10.0. The number of nitrogens with two attached hydrogens (primary N) is 1. The molecule has 0 bridgehead atoms. The zero-order valence-corrected chi connectivity index (χ0v) is 12.3. The van der Waals surface area contributed by atoms with Crippen molar-refractivity contribution in [3.8, 4) is 0 Å². The van der Waals surface area contributed by atoms with Gasteiger partial charge in [0.15, 0.2) is 0 Å². The second kappa shape index (κ2) is 6.86. The number of hydrogen-bond acceptors (Lipinski definition) is 3. The molecule has 4 heteroatoms. The maximum atomic E-state index is 12.4. The smallest absolute Gasteiger partial charge is 0.239 e. The van der Waals surface area contributed by atoms with Gasteiger partial charge < -0.3 is 15.4 Å². The lowest BCUT2D eigenvalue weighted by molar-refractivity contribution is -0.146. The summed E-state index contributed by atoms with van der Waals surface area (Å²) in [4.78, 5) is 14.2. The monoisotopic (exact) mass is 276 g/mol. The molecule has 2 N–H and O–H groups in total. The van der Waals surface area contributed by atoms with Crippen LogP contribution in [0.25, 0.3) is 0 Å². The van der Waals surface area contributed by atoms with Crippen LogP contribution >= 0.6 is 0 Å². The van der Waals surface area contributed by atoms with Crippen molar-refractivity contribution in [1.82, 2.24) is 4.90 Å². The quantitative estimate of drug-likeness (QED) is 0.916. The predicted octanol–water partition coefficient (Wildman–Crippen LogP) is 2.10. The summed E-state index contributed by atoms with van der Waals surface area (Å²) in [6.45, 7) is 5.26. The van der Waals surface area contributed by atoms with E-state index < -0.39 is 0 Å². The molecule has 3 unspecified atom stereocenters. The van der Waals surface area contributed by atoms with Crippen molar-refractivity contribution in [2.45, 2.75) is 44.9 Å². The number of amides is 1. The molecular formula is C16H24N2O2. The first-order chi connectivity index (χ1) is 9.61. The molecule has 4 nitrogen and oxygen atoms in total. The van der Waals surface area contributed by atoms with Crippen LogP contribution < -0.4 is 5.73 Å². The van der Waals surface area contributed by atoms with Crippen LogP contribution in [0.15, 0.2) is 30.3 Å². The van der Waals surface area contributed by atoms with E-state index in [9.17, 15) is 4.79 Å². The van der Waals surface area contributed by atoms with Crippen molar-refractivity contribution in [3.05, 3.63) is 35.9 Å². The number of rotatable bonds is 4. The van der Waals surface area contributed by atoms with Crippen molar-refractivity contribution in [2.75, 3.05) is 13.1 Å². The summed E-state index contributed by atoms with van der Waals surface area (Å²) in [5.41, 5.74) is 7.07. The van der Waals surface area contributed by atoms with Crippen molar-refractivity contribution in [2.24, 2.45) is 5.73 Å². The Balaban J connectivity index is 2.06. The van der Waals surface area contributed by atoms with Crippen LogP contribution in [0.2, 0.25) is 0 Å². The van der Waals surface area contributed by atoms with E-state index in [1.165, 1.54) is 0 Å². The first-order valence-corrected chi connectivity index (χ1v) is 7.36. The van der Waals surface area contributed by atoms with E-state index in [0.29, 0.717) is 13.1 Å². The highest BCUT2D eigenvalue weighted by atomic mass is 16.5. The summed E-state index contributed by atoms with van der Waals surface area (Å²) < 4.78 is 5.96. The van der Waals surface area contributed by atoms with Crippen molar-refractivity contribution >= 4 is 5.91 Å². The molecule has 1 aromatic rings. The molecule has 1 aliphatic heterocycles. The van der Waals surface area contributed by atoms with Gasteiger partial charge in [0.1, 0.15) is 6.10 Å². The summed E-state index contributed by atoms with van der Waals surface area (Å²) in [5.74, 6) is 0.0444. The standard InChI is InChI=1S/C16H24N2O2/c1-3-7-14(17)16(19)18-10-12(2)20-15(11-18)13-8-5-4-6-9-13/h4-6,8-9,12,14-15H,3,7,10-11,17H2,1-2H3.